The third-order valence-corrected chi connectivity index (χ3v) is 4.55. The van der Waals surface area contributed by atoms with Gasteiger partial charge in [0, 0.05) is 24.2 Å². The lowest BCUT2D eigenvalue weighted by atomic mass is 9.61. The van der Waals surface area contributed by atoms with E-state index in [4.69, 9.17) is 0 Å². The molecule has 4 atom stereocenters. The molecule has 4 unspecified atom stereocenters. The van der Waals surface area contributed by atoms with E-state index in [9.17, 15) is 9.59 Å². The Balaban J connectivity index is 2.00. The summed E-state index contributed by atoms with van der Waals surface area (Å²) in [6, 6.07) is 0. The summed E-state index contributed by atoms with van der Waals surface area (Å²) in [5.74, 6) is 2.15. The van der Waals surface area contributed by atoms with Gasteiger partial charge in [0.25, 0.3) is 0 Å². The summed E-state index contributed by atoms with van der Waals surface area (Å²) in [5.41, 5.74) is 0. The molecule has 4 aliphatic rings. The van der Waals surface area contributed by atoms with Crippen LogP contribution >= 0.6 is 0 Å². The molecule has 0 aromatic heterocycles. The van der Waals surface area contributed by atoms with E-state index in [2.05, 4.69) is 0 Å². The number of Topliss-reactive ketones (excluding diaryl/α,β-unsaturated/α-hetero) is 2. The van der Waals surface area contributed by atoms with Gasteiger partial charge in [-0.2, -0.15) is 0 Å². The summed E-state index contributed by atoms with van der Waals surface area (Å²) in [4.78, 5) is 23.8. The first-order valence-corrected chi connectivity index (χ1v) is 5.84. The number of hydrogen-bond acceptors (Lipinski definition) is 2. The second-order valence-corrected chi connectivity index (χ2v) is 5.15. The molecule has 4 bridgehead atoms. The van der Waals surface area contributed by atoms with Crippen molar-refractivity contribution in [1.82, 2.24) is 0 Å². The van der Waals surface area contributed by atoms with Crippen LogP contribution in [0.1, 0.15) is 38.5 Å². The molecule has 14 heavy (non-hydrogen) atoms. The van der Waals surface area contributed by atoms with E-state index in [0.29, 0.717) is 23.9 Å². The van der Waals surface area contributed by atoms with E-state index in [1.54, 1.807) is 0 Å². The van der Waals surface area contributed by atoms with Gasteiger partial charge in [-0.25, -0.2) is 0 Å². The summed E-state index contributed by atoms with van der Waals surface area (Å²) >= 11 is 0. The van der Waals surface area contributed by atoms with Crippen LogP contribution < -0.4 is 0 Å². The molecule has 4 saturated carbocycles. The number of carbonyl (C=O) groups is 2. The molecule has 2 nitrogen and oxygen atoms in total. The lowest BCUT2D eigenvalue weighted by Crippen LogP contribution is -2.45. The van der Waals surface area contributed by atoms with Gasteiger partial charge in [-0.1, -0.05) is 6.42 Å². The highest BCUT2D eigenvalue weighted by molar-refractivity contribution is 5.92. The van der Waals surface area contributed by atoms with Crippen molar-refractivity contribution in [3.63, 3.8) is 0 Å². The van der Waals surface area contributed by atoms with Crippen LogP contribution in [0.5, 0.6) is 0 Å². The zero-order chi connectivity index (χ0) is 9.71. The molecule has 4 aliphatic carbocycles. The third kappa shape index (κ3) is 1.03. The fourth-order valence-electron chi connectivity index (χ4n) is 3.86. The van der Waals surface area contributed by atoms with Crippen molar-refractivity contribution < 1.29 is 9.59 Å². The molecule has 0 heterocycles. The third-order valence-electron chi connectivity index (χ3n) is 4.55. The van der Waals surface area contributed by atoms with E-state index in [1.807, 2.05) is 0 Å². The highest BCUT2D eigenvalue weighted by atomic mass is 16.1. The maximum absolute atomic E-state index is 12.0. The molecule has 4 fully saturated rings. The number of fused-ring (bicyclic) bond motifs is 2. The lowest BCUT2D eigenvalue weighted by molar-refractivity contribution is -0.142. The van der Waals surface area contributed by atoms with E-state index in [0.717, 1.165) is 25.7 Å². The zero-order valence-electron chi connectivity index (χ0n) is 8.37. The predicted octanol–water partition coefficient (Wildman–Crippen LogP) is 1.97. The van der Waals surface area contributed by atoms with Gasteiger partial charge in [0.1, 0.15) is 11.6 Å². The van der Waals surface area contributed by atoms with Gasteiger partial charge < -0.3 is 0 Å². The summed E-state index contributed by atoms with van der Waals surface area (Å²) in [7, 11) is 0. The van der Waals surface area contributed by atoms with Gasteiger partial charge in [0.2, 0.25) is 0 Å². The van der Waals surface area contributed by atoms with Crippen LogP contribution in [0.15, 0.2) is 0 Å². The Hall–Kier alpha value is -0.660. The molecular formula is C12H16O2. The van der Waals surface area contributed by atoms with Crippen molar-refractivity contribution in [3.05, 3.63) is 0 Å². The van der Waals surface area contributed by atoms with E-state index >= 15 is 0 Å². The van der Waals surface area contributed by atoms with Crippen LogP contribution in [0.3, 0.4) is 0 Å². The Morgan fingerprint density at radius 2 is 1.86 bits per heavy atom. The molecule has 0 N–H and O–H groups in total. The normalized spacial score (nSPS) is 46.6. The first-order valence-electron chi connectivity index (χ1n) is 5.84. The monoisotopic (exact) mass is 192 g/mol. The van der Waals surface area contributed by atoms with Crippen molar-refractivity contribution in [2.24, 2.45) is 23.7 Å². The first-order chi connectivity index (χ1) is 6.77. The smallest absolute Gasteiger partial charge is 0.139 e. The average Bonchev–Trinajstić information content (AvgIpc) is 2.47. The zero-order valence-corrected chi connectivity index (χ0v) is 8.37. The van der Waals surface area contributed by atoms with Crippen LogP contribution in [0, 0.1) is 23.7 Å². The molecule has 0 aromatic rings. The van der Waals surface area contributed by atoms with E-state index in [-0.39, 0.29) is 17.8 Å². The van der Waals surface area contributed by atoms with Crippen LogP contribution in [-0.4, -0.2) is 11.6 Å². The topological polar surface area (TPSA) is 34.1 Å². The second kappa shape index (κ2) is 2.91. The molecule has 2 heteroatoms. The number of carbonyl (C=O) groups excluding carboxylic acids is 2. The molecule has 0 radical (unpaired) electrons. The summed E-state index contributed by atoms with van der Waals surface area (Å²) < 4.78 is 0. The number of rotatable bonds is 0. The summed E-state index contributed by atoms with van der Waals surface area (Å²) in [6.07, 6.45) is 5.76. The molecule has 0 saturated heterocycles. The lowest BCUT2D eigenvalue weighted by Gasteiger charge is -2.41. The van der Waals surface area contributed by atoms with Crippen molar-refractivity contribution >= 4 is 11.6 Å². The summed E-state index contributed by atoms with van der Waals surface area (Å²) in [6.45, 7) is 0. The van der Waals surface area contributed by atoms with Crippen molar-refractivity contribution in [3.8, 4) is 0 Å². The highest BCUT2D eigenvalue weighted by Crippen LogP contribution is 2.49. The van der Waals surface area contributed by atoms with E-state index < -0.39 is 0 Å². The van der Waals surface area contributed by atoms with Gasteiger partial charge in [-0.15, -0.1) is 0 Å². The Morgan fingerprint density at radius 3 is 2.71 bits per heavy atom. The Kier molecular flexibility index (Phi) is 1.80. The maximum atomic E-state index is 12.0. The Labute approximate surface area is 84.1 Å². The van der Waals surface area contributed by atoms with Gasteiger partial charge in [0.05, 0.1) is 0 Å². The minimum atomic E-state index is 0.244. The predicted molar refractivity (Wildman–Crippen MR) is 51.7 cm³/mol. The van der Waals surface area contributed by atoms with Crippen LogP contribution in [0.4, 0.5) is 0 Å². The number of hydrogen-bond donors (Lipinski definition) is 0. The minimum absolute atomic E-state index is 0.244. The van der Waals surface area contributed by atoms with Crippen LogP contribution in [0.2, 0.25) is 0 Å². The molecule has 0 aliphatic heterocycles. The van der Waals surface area contributed by atoms with Crippen LogP contribution in [-0.2, 0) is 9.59 Å². The van der Waals surface area contributed by atoms with Crippen LogP contribution in [0.25, 0.3) is 0 Å². The van der Waals surface area contributed by atoms with Gasteiger partial charge >= 0.3 is 0 Å². The Bertz CT molecular complexity index is 293. The van der Waals surface area contributed by atoms with Gasteiger partial charge in [-0.05, 0) is 31.6 Å². The standard InChI is InChI=1S/C12H16O2/c13-11-5-4-9-8-3-1-2-7(12(9)14)6-10(8)11/h7-10H,1-6H2. The average molecular weight is 192 g/mol. The minimum Gasteiger partial charge on any atom is -0.299 e. The number of ketones is 2. The SMILES string of the molecule is O=C1CCC2C(=O)C3CCCC2C1C3. The molecule has 76 valence electrons. The van der Waals surface area contributed by atoms with E-state index in [1.165, 1.54) is 6.42 Å². The largest absolute Gasteiger partial charge is 0.299 e. The van der Waals surface area contributed by atoms with Crippen molar-refractivity contribution in [2.45, 2.75) is 38.5 Å². The highest BCUT2D eigenvalue weighted by Gasteiger charge is 2.50. The fourth-order valence-corrected chi connectivity index (χ4v) is 3.86. The molecule has 4 rings (SSSR count). The first kappa shape index (κ1) is 8.63. The quantitative estimate of drug-likeness (QED) is 0.588. The van der Waals surface area contributed by atoms with Gasteiger partial charge in [0.15, 0.2) is 0 Å². The van der Waals surface area contributed by atoms with Crippen molar-refractivity contribution in [1.29, 1.82) is 0 Å². The van der Waals surface area contributed by atoms with Crippen molar-refractivity contribution in [2.75, 3.05) is 0 Å². The van der Waals surface area contributed by atoms with Gasteiger partial charge in [-0.3, -0.25) is 9.59 Å². The summed E-state index contributed by atoms with van der Waals surface area (Å²) in [5, 5.41) is 0. The fraction of sp³-hybridized carbons (Fsp3) is 0.833. The molecule has 0 amide bonds. The second-order valence-electron chi connectivity index (χ2n) is 5.15. The molecule has 0 aromatic carbocycles. The maximum Gasteiger partial charge on any atom is 0.139 e. The molecular weight excluding hydrogens is 176 g/mol. The molecule has 0 spiro atoms. The Morgan fingerprint density at radius 1 is 1.00 bits per heavy atom.